The van der Waals surface area contributed by atoms with Gasteiger partial charge >= 0.3 is 0 Å². The molecule has 1 heterocycles. The maximum atomic E-state index is 5.58. The van der Waals surface area contributed by atoms with Crippen LogP contribution in [0.1, 0.15) is 16.5 Å². The highest BCUT2D eigenvalue weighted by molar-refractivity contribution is 7.80. The van der Waals surface area contributed by atoms with Gasteiger partial charge in [0.15, 0.2) is 0 Å². The van der Waals surface area contributed by atoms with Gasteiger partial charge in [0.1, 0.15) is 11.5 Å². The van der Waals surface area contributed by atoms with Gasteiger partial charge in [0.05, 0.1) is 25.1 Å². The van der Waals surface area contributed by atoms with Crippen molar-refractivity contribution in [2.75, 3.05) is 14.2 Å². The summed E-state index contributed by atoms with van der Waals surface area (Å²) in [6, 6.07) is 24.4. The Morgan fingerprint density at radius 3 is 2.50 bits per heavy atom. The SMILES string of the molecule is COc1ccc(-c2cc(CNC(S)c3cccc4cccnc34)ccc2OC)cc1. The third-order valence-corrected chi connectivity index (χ3v) is 5.58. The van der Waals surface area contributed by atoms with Crippen LogP contribution < -0.4 is 14.8 Å². The Morgan fingerprint density at radius 1 is 0.933 bits per heavy atom. The summed E-state index contributed by atoms with van der Waals surface area (Å²) in [5.41, 5.74) is 5.31. The van der Waals surface area contributed by atoms with Crippen molar-refractivity contribution in [1.29, 1.82) is 0 Å². The Balaban J connectivity index is 1.56. The van der Waals surface area contributed by atoms with Crippen LogP contribution in [0.15, 0.2) is 79.0 Å². The van der Waals surface area contributed by atoms with Crippen molar-refractivity contribution >= 4 is 23.5 Å². The zero-order chi connectivity index (χ0) is 20.9. The van der Waals surface area contributed by atoms with Crippen LogP contribution in [-0.2, 0) is 6.54 Å². The van der Waals surface area contributed by atoms with Crippen LogP contribution >= 0.6 is 12.6 Å². The highest BCUT2D eigenvalue weighted by Crippen LogP contribution is 2.32. The van der Waals surface area contributed by atoms with Crippen molar-refractivity contribution in [3.05, 3.63) is 90.1 Å². The van der Waals surface area contributed by atoms with Crippen LogP contribution in [0.25, 0.3) is 22.0 Å². The molecule has 4 rings (SSSR count). The van der Waals surface area contributed by atoms with Crippen LogP contribution in [0, 0.1) is 0 Å². The zero-order valence-electron chi connectivity index (χ0n) is 17.0. The lowest BCUT2D eigenvalue weighted by atomic mass is 10.0. The number of hydrogen-bond donors (Lipinski definition) is 2. The largest absolute Gasteiger partial charge is 0.497 e. The molecular formula is C25H24N2O2S. The van der Waals surface area contributed by atoms with E-state index in [1.165, 1.54) is 0 Å². The molecule has 152 valence electrons. The van der Waals surface area contributed by atoms with Gasteiger partial charge in [-0.05, 0) is 41.5 Å². The lowest BCUT2D eigenvalue weighted by Crippen LogP contribution is -2.17. The predicted octanol–water partition coefficient (Wildman–Crippen LogP) is 5.64. The molecule has 0 radical (unpaired) electrons. The van der Waals surface area contributed by atoms with E-state index in [1.807, 2.05) is 48.7 Å². The van der Waals surface area contributed by atoms with E-state index in [0.717, 1.165) is 44.7 Å². The summed E-state index contributed by atoms with van der Waals surface area (Å²) in [5.74, 6) is 1.67. The van der Waals surface area contributed by atoms with E-state index in [0.29, 0.717) is 6.54 Å². The standard InChI is InChI=1S/C25H24N2O2S/c1-28-20-11-9-18(10-12-20)22-15-17(8-13-23(22)29-2)16-27-25(30)21-7-3-5-19-6-4-14-26-24(19)21/h3-15,25,27,30H,16H2,1-2H3. The van der Waals surface area contributed by atoms with E-state index >= 15 is 0 Å². The summed E-state index contributed by atoms with van der Waals surface area (Å²) in [6.07, 6.45) is 1.82. The van der Waals surface area contributed by atoms with Crippen molar-refractivity contribution in [2.45, 2.75) is 11.9 Å². The number of nitrogens with zero attached hydrogens (tertiary/aromatic N) is 1. The molecule has 0 amide bonds. The van der Waals surface area contributed by atoms with Crippen LogP contribution in [0.3, 0.4) is 0 Å². The van der Waals surface area contributed by atoms with Crippen molar-refractivity contribution in [1.82, 2.24) is 10.3 Å². The topological polar surface area (TPSA) is 43.4 Å². The molecule has 0 aliphatic heterocycles. The van der Waals surface area contributed by atoms with Crippen molar-refractivity contribution in [2.24, 2.45) is 0 Å². The van der Waals surface area contributed by atoms with E-state index < -0.39 is 0 Å². The van der Waals surface area contributed by atoms with Gasteiger partial charge in [-0.2, -0.15) is 12.6 Å². The number of benzene rings is 3. The molecule has 4 aromatic rings. The third kappa shape index (κ3) is 4.27. The fraction of sp³-hybridized carbons (Fsp3) is 0.160. The Labute approximate surface area is 182 Å². The molecule has 0 spiro atoms. The lowest BCUT2D eigenvalue weighted by molar-refractivity contribution is 0.414. The molecule has 1 unspecified atom stereocenters. The number of fused-ring (bicyclic) bond motifs is 1. The van der Waals surface area contributed by atoms with Crippen LogP contribution in [0.4, 0.5) is 0 Å². The molecule has 0 saturated carbocycles. The Bertz CT molecular complexity index is 1140. The minimum absolute atomic E-state index is 0.130. The third-order valence-electron chi connectivity index (χ3n) is 5.12. The summed E-state index contributed by atoms with van der Waals surface area (Å²) >= 11 is 4.79. The molecule has 30 heavy (non-hydrogen) atoms. The molecule has 1 N–H and O–H groups in total. The van der Waals surface area contributed by atoms with E-state index in [-0.39, 0.29) is 5.37 Å². The number of para-hydroxylation sites is 1. The maximum Gasteiger partial charge on any atom is 0.126 e. The van der Waals surface area contributed by atoms with Crippen molar-refractivity contribution in [3.8, 4) is 22.6 Å². The fourth-order valence-corrected chi connectivity index (χ4v) is 3.83. The Kier molecular flexibility index (Phi) is 6.21. The first-order valence-electron chi connectivity index (χ1n) is 9.76. The van der Waals surface area contributed by atoms with Crippen LogP contribution in [0.2, 0.25) is 0 Å². The van der Waals surface area contributed by atoms with Crippen molar-refractivity contribution < 1.29 is 9.47 Å². The van der Waals surface area contributed by atoms with Gasteiger partial charge in [0, 0.05) is 29.3 Å². The number of hydrogen-bond acceptors (Lipinski definition) is 5. The first kappa shape index (κ1) is 20.3. The predicted molar refractivity (Wildman–Crippen MR) is 125 cm³/mol. The number of ether oxygens (including phenoxy) is 2. The van der Waals surface area contributed by atoms with Crippen LogP contribution in [-0.4, -0.2) is 19.2 Å². The molecule has 0 saturated heterocycles. The van der Waals surface area contributed by atoms with Gasteiger partial charge in [-0.1, -0.05) is 42.5 Å². The van der Waals surface area contributed by atoms with Gasteiger partial charge in [0.25, 0.3) is 0 Å². The molecule has 1 atom stereocenters. The van der Waals surface area contributed by atoms with Gasteiger partial charge in [-0.3, -0.25) is 10.3 Å². The monoisotopic (exact) mass is 416 g/mol. The summed E-state index contributed by atoms with van der Waals surface area (Å²) in [6.45, 7) is 0.671. The second kappa shape index (κ2) is 9.20. The first-order valence-corrected chi connectivity index (χ1v) is 10.3. The second-order valence-corrected chi connectivity index (χ2v) is 7.49. The number of thiol groups is 1. The van der Waals surface area contributed by atoms with Gasteiger partial charge < -0.3 is 9.47 Å². The van der Waals surface area contributed by atoms with E-state index in [1.54, 1.807) is 14.2 Å². The normalized spacial score (nSPS) is 12.0. The summed E-state index contributed by atoms with van der Waals surface area (Å²) in [4.78, 5) is 4.53. The van der Waals surface area contributed by atoms with Crippen LogP contribution in [0.5, 0.6) is 11.5 Å². The van der Waals surface area contributed by atoms with Gasteiger partial charge in [0.2, 0.25) is 0 Å². The molecule has 4 nitrogen and oxygen atoms in total. The zero-order valence-corrected chi connectivity index (χ0v) is 17.9. The number of aromatic nitrogens is 1. The second-order valence-electron chi connectivity index (χ2n) is 6.97. The average Bonchev–Trinajstić information content (AvgIpc) is 2.82. The molecule has 1 aromatic heterocycles. The summed E-state index contributed by atoms with van der Waals surface area (Å²) < 4.78 is 10.8. The lowest BCUT2D eigenvalue weighted by Gasteiger charge is -2.16. The quantitative estimate of drug-likeness (QED) is 0.302. The molecule has 0 fully saturated rings. The summed E-state index contributed by atoms with van der Waals surface area (Å²) in [7, 11) is 3.36. The minimum atomic E-state index is -0.130. The molecule has 5 heteroatoms. The first-order chi connectivity index (χ1) is 14.7. The number of methoxy groups -OCH3 is 2. The highest BCUT2D eigenvalue weighted by atomic mass is 32.1. The van der Waals surface area contributed by atoms with Crippen molar-refractivity contribution in [3.63, 3.8) is 0 Å². The van der Waals surface area contributed by atoms with E-state index in [2.05, 4.69) is 40.6 Å². The molecule has 3 aromatic carbocycles. The molecule has 0 aliphatic carbocycles. The van der Waals surface area contributed by atoms with Gasteiger partial charge in [-0.15, -0.1) is 0 Å². The van der Waals surface area contributed by atoms with Gasteiger partial charge in [-0.25, -0.2) is 0 Å². The smallest absolute Gasteiger partial charge is 0.126 e. The fourth-order valence-electron chi connectivity index (χ4n) is 3.53. The summed E-state index contributed by atoms with van der Waals surface area (Å²) in [5, 5.41) is 4.49. The maximum absolute atomic E-state index is 5.58. The minimum Gasteiger partial charge on any atom is -0.497 e. The average molecular weight is 417 g/mol. The Morgan fingerprint density at radius 2 is 1.73 bits per heavy atom. The number of pyridine rings is 1. The number of nitrogens with one attached hydrogen (secondary N) is 1. The van der Waals surface area contributed by atoms with E-state index in [9.17, 15) is 0 Å². The molecule has 0 bridgehead atoms. The molecule has 0 aliphatic rings. The Hall–Kier alpha value is -3.02. The highest BCUT2D eigenvalue weighted by Gasteiger charge is 2.12. The van der Waals surface area contributed by atoms with E-state index in [4.69, 9.17) is 22.1 Å². The molecular weight excluding hydrogens is 392 g/mol. The number of rotatable bonds is 7.